The van der Waals surface area contributed by atoms with Crippen molar-refractivity contribution in [2.24, 2.45) is 0 Å². The standard InChI is InChI=1S/C13H14N2O2S/c1-3-15-12(17)10(14(2)13(15)18)8-9-6-4-5-7-11(9)16/h4-8,16H,3H2,1-2H3. The molecule has 0 atom stereocenters. The van der Waals surface area contributed by atoms with Crippen LogP contribution in [-0.2, 0) is 4.79 Å². The number of benzene rings is 1. The summed E-state index contributed by atoms with van der Waals surface area (Å²) in [6.07, 6.45) is 1.65. The first-order valence-electron chi connectivity index (χ1n) is 5.65. The van der Waals surface area contributed by atoms with Crippen molar-refractivity contribution in [2.75, 3.05) is 13.6 Å². The van der Waals surface area contributed by atoms with E-state index in [-0.39, 0.29) is 11.7 Å². The molecule has 0 radical (unpaired) electrons. The summed E-state index contributed by atoms with van der Waals surface area (Å²) in [5.41, 5.74) is 1.08. The molecule has 1 N–H and O–H groups in total. The molecule has 0 aliphatic carbocycles. The summed E-state index contributed by atoms with van der Waals surface area (Å²) in [6.45, 7) is 2.42. The number of carbonyl (C=O) groups excluding carboxylic acids is 1. The van der Waals surface area contributed by atoms with Crippen molar-refractivity contribution in [1.29, 1.82) is 0 Å². The van der Waals surface area contributed by atoms with Gasteiger partial charge in [-0.1, -0.05) is 18.2 Å². The lowest BCUT2D eigenvalue weighted by Crippen LogP contribution is -2.30. The molecule has 1 fully saturated rings. The second kappa shape index (κ2) is 4.78. The van der Waals surface area contributed by atoms with Crippen molar-refractivity contribution < 1.29 is 9.90 Å². The summed E-state index contributed by atoms with van der Waals surface area (Å²) in [4.78, 5) is 15.3. The van der Waals surface area contributed by atoms with Crippen LogP contribution in [0.2, 0.25) is 0 Å². The van der Waals surface area contributed by atoms with Gasteiger partial charge >= 0.3 is 0 Å². The lowest BCUT2D eigenvalue weighted by Gasteiger charge is -2.13. The van der Waals surface area contributed by atoms with Crippen LogP contribution in [0.15, 0.2) is 30.0 Å². The summed E-state index contributed by atoms with van der Waals surface area (Å²) in [5, 5.41) is 10.2. The predicted octanol–water partition coefficient (Wildman–Crippen LogP) is 1.81. The van der Waals surface area contributed by atoms with E-state index in [1.807, 2.05) is 6.92 Å². The van der Waals surface area contributed by atoms with E-state index in [0.29, 0.717) is 22.9 Å². The van der Waals surface area contributed by atoms with Crippen molar-refractivity contribution in [1.82, 2.24) is 9.80 Å². The van der Waals surface area contributed by atoms with Gasteiger partial charge in [0.15, 0.2) is 5.11 Å². The quantitative estimate of drug-likeness (QED) is 0.652. The Hall–Kier alpha value is -1.88. The molecular formula is C13H14N2O2S. The maximum Gasteiger partial charge on any atom is 0.276 e. The smallest absolute Gasteiger partial charge is 0.276 e. The van der Waals surface area contributed by atoms with Gasteiger partial charge in [0.1, 0.15) is 11.4 Å². The van der Waals surface area contributed by atoms with E-state index >= 15 is 0 Å². The number of thiocarbonyl (C=S) groups is 1. The summed E-state index contributed by atoms with van der Waals surface area (Å²) >= 11 is 5.19. The summed E-state index contributed by atoms with van der Waals surface area (Å²) in [7, 11) is 1.75. The second-order valence-corrected chi connectivity index (χ2v) is 4.34. The molecule has 1 heterocycles. The molecule has 4 nitrogen and oxygen atoms in total. The largest absolute Gasteiger partial charge is 0.507 e. The van der Waals surface area contributed by atoms with Crippen molar-refractivity contribution in [2.45, 2.75) is 6.92 Å². The minimum atomic E-state index is -0.131. The van der Waals surface area contributed by atoms with Crippen molar-refractivity contribution in [3.63, 3.8) is 0 Å². The maximum atomic E-state index is 12.1. The maximum absolute atomic E-state index is 12.1. The van der Waals surface area contributed by atoms with Crippen LogP contribution in [0.4, 0.5) is 0 Å². The Morgan fingerprint density at radius 3 is 2.61 bits per heavy atom. The molecule has 0 bridgehead atoms. The molecule has 5 heteroatoms. The third-order valence-corrected chi connectivity index (χ3v) is 3.38. The first-order chi connectivity index (χ1) is 8.56. The van der Waals surface area contributed by atoms with E-state index in [0.717, 1.165) is 0 Å². The van der Waals surface area contributed by atoms with E-state index in [9.17, 15) is 9.90 Å². The van der Waals surface area contributed by atoms with E-state index in [4.69, 9.17) is 12.2 Å². The molecule has 94 valence electrons. The molecule has 1 aliphatic rings. The summed E-state index contributed by atoms with van der Waals surface area (Å²) < 4.78 is 0. The molecule has 0 unspecified atom stereocenters. The molecule has 1 aromatic carbocycles. The van der Waals surface area contributed by atoms with E-state index in [1.54, 1.807) is 42.3 Å². The summed E-state index contributed by atoms with van der Waals surface area (Å²) in [5.74, 6) is 0.0142. The lowest BCUT2D eigenvalue weighted by molar-refractivity contribution is -0.122. The SMILES string of the molecule is CCN1C(=O)C(=Cc2ccccc2O)N(C)C1=S. The Labute approximate surface area is 111 Å². The number of hydrogen-bond donors (Lipinski definition) is 1. The van der Waals surface area contributed by atoms with Crippen molar-refractivity contribution >= 4 is 29.3 Å². The van der Waals surface area contributed by atoms with Crippen molar-refractivity contribution in [3.8, 4) is 5.75 Å². The molecule has 18 heavy (non-hydrogen) atoms. The molecular weight excluding hydrogens is 248 g/mol. The third-order valence-electron chi connectivity index (χ3n) is 2.89. The Bertz CT molecular complexity index is 540. The molecule has 0 aromatic heterocycles. The van der Waals surface area contributed by atoms with Gasteiger partial charge < -0.3 is 10.0 Å². The van der Waals surface area contributed by atoms with Gasteiger partial charge in [-0.05, 0) is 31.3 Å². The highest BCUT2D eigenvalue weighted by Crippen LogP contribution is 2.25. The van der Waals surface area contributed by atoms with Gasteiger partial charge in [-0.15, -0.1) is 0 Å². The topological polar surface area (TPSA) is 43.8 Å². The zero-order valence-corrected chi connectivity index (χ0v) is 11.1. The molecule has 0 saturated carbocycles. The fourth-order valence-electron chi connectivity index (χ4n) is 1.85. The predicted molar refractivity (Wildman–Crippen MR) is 73.8 cm³/mol. The Morgan fingerprint density at radius 1 is 1.39 bits per heavy atom. The molecule has 2 rings (SSSR count). The van der Waals surface area contributed by atoms with E-state index in [1.165, 1.54) is 4.90 Å². The molecule has 0 spiro atoms. The Kier molecular flexibility index (Phi) is 3.34. The number of carbonyl (C=O) groups is 1. The molecule has 1 amide bonds. The van der Waals surface area contributed by atoms with E-state index in [2.05, 4.69) is 0 Å². The van der Waals surface area contributed by atoms with Gasteiger partial charge in [-0.3, -0.25) is 9.69 Å². The number of para-hydroxylation sites is 1. The van der Waals surface area contributed by atoms with Gasteiger partial charge in [0.05, 0.1) is 0 Å². The fraction of sp³-hybridized carbons (Fsp3) is 0.231. The highest BCUT2D eigenvalue weighted by Gasteiger charge is 2.34. The zero-order chi connectivity index (χ0) is 13.3. The Morgan fingerprint density at radius 2 is 2.06 bits per heavy atom. The minimum absolute atomic E-state index is 0.131. The number of likely N-dealkylation sites (N-methyl/N-ethyl adjacent to an activating group) is 2. The van der Waals surface area contributed by atoms with Crippen LogP contribution in [0.25, 0.3) is 6.08 Å². The Balaban J connectivity index is 2.43. The average Bonchev–Trinajstić information content (AvgIpc) is 2.56. The normalized spacial score (nSPS) is 18.0. The highest BCUT2D eigenvalue weighted by atomic mass is 32.1. The summed E-state index contributed by atoms with van der Waals surface area (Å²) in [6, 6.07) is 6.88. The van der Waals surface area contributed by atoms with Crippen LogP contribution in [-0.4, -0.2) is 39.5 Å². The first-order valence-corrected chi connectivity index (χ1v) is 6.06. The van der Waals surface area contributed by atoms with Crippen LogP contribution < -0.4 is 0 Å². The fourth-order valence-corrected chi connectivity index (χ4v) is 2.16. The molecule has 1 saturated heterocycles. The third kappa shape index (κ3) is 1.97. The van der Waals surface area contributed by atoms with Crippen LogP contribution in [0.5, 0.6) is 5.75 Å². The number of rotatable bonds is 2. The van der Waals surface area contributed by atoms with E-state index < -0.39 is 0 Å². The minimum Gasteiger partial charge on any atom is -0.507 e. The number of phenols is 1. The molecule has 1 aromatic rings. The van der Waals surface area contributed by atoms with Crippen LogP contribution in [0, 0.1) is 0 Å². The van der Waals surface area contributed by atoms with Gasteiger partial charge in [0.2, 0.25) is 0 Å². The van der Waals surface area contributed by atoms with Gasteiger partial charge in [-0.2, -0.15) is 0 Å². The van der Waals surface area contributed by atoms with Gasteiger partial charge in [0, 0.05) is 19.2 Å². The van der Waals surface area contributed by atoms with Gasteiger partial charge in [0.25, 0.3) is 5.91 Å². The number of amides is 1. The van der Waals surface area contributed by atoms with Crippen molar-refractivity contribution in [3.05, 3.63) is 35.5 Å². The highest BCUT2D eigenvalue weighted by molar-refractivity contribution is 7.80. The lowest BCUT2D eigenvalue weighted by atomic mass is 10.1. The number of aromatic hydroxyl groups is 1. The second-order valence-electron chi connectivity index (χ2n) is 3.98. The number of phenolic OH excluding ortho intramolecular Hbond substituents is 1. The molecule has 1 aliphatic heterocycles. The van der Waals surface area contributed by atoms with Crippen LogP contribution in [0.1, 0.15) is 12.5 Å². The van der Waals surface area contributed by atoms with Crippen LogP contribution in [0.3, 0.4) is 0 Å². The number of nitrogens with zero attached hydrogens (tertiary/aromatic N) is 2. The van der Waals surface area contributed by atoms with Gasteiger partial charge in [-0.25, -0.2) is 0 Å². The first kappa shape index (κ1) is 12.6. The number of hydrogen-bond acceptors (Lipinski definition) is 3. The zero-order valence-electron chi connectivity index (χ0n) is 10.3. The van der Waals surface area contributed by atoms with Crippen LogP contribution >= 0.6 is 12.2 Å². The average molecular weight is 262 g/mol. The monoisotopic (exact) mass is 262 g/mol.